The van der Waals surface area contributed by atoms with Gasteiger partial charge in [0.25, 0.3) is 5.91 Å². The van der Waals surface area contributed by atoms with Crippen LogP contribution in [0.1, 0.15) is 84.8 Å². The monoisotopic (exact) mass is 583 g/mol. The Balaban J connectivity index is 1.44. The van der Waals surface area contributed by atoms with Crippen LogP contribution in [0.3, 0.4) is 0 Å². The maximum absolute atomic E-state index is 14.0. The van der Waals surface area contributed by atoms with Crippen LogP contribution < -0.4 is 4.90 Å². The fourth-order valence-electron chi connectivity index (χ4n) is 6.80. The minimum atomic E-state index is -0.360. The van der Waals surface area contributed by atoms with Gasteiger partial charge in [-0.1, -0.05) is 80.6 Å². The molecule has 0 atom stereocenters. The van der Waals surface area contributed by atoms with Crippen LogP contribution in [0.15, 0.2) is 72.8 Å². The average molecular weight is 584 g/mol. The average Bonchev–Trinajstić information content (AvgIpc) is 3.02. The largest absolute Gasteiger partial charge is 0.338 e. The number of hydrogen-bond donors (Lipinski definition) is 0. The molecule has 3 aromatic rings. The summed E-state index contributed by atoms with van der Waals surface area (Å²) in [5.41, 5.74) is 4.58. The first-order valence-corrected chi connectivity index (χ1v) is 16.2. The summed E-state index contributed by atoms with van der Waals surface area (Å²) in [4.78, 5) is 34.2. The van der Waals surface area contributed by atoms with Gasteiger partial charge in [-0.25, -0.2) is 4.39 Å². The number of hydrogen-bond acceptors (Lipinski definition) is 3. The van der Waals surface area contributed by atoms with Crippen LogP contribution >= 0.6 is 0 Å². The molecule has 0 saturated heterocycles. The summed E-state index contributed by atoms with van der Waals surface area (Å²) in [7, 11) is 0. The van der Waals surface area contributed by atoms with Crippen LogP contribution in [-0.2, 0) is 17.9 Å². The van der Waals surface area contributed by atoms with Crippen molar-refractivity contribution in [2.24, 2.45) is 5.92 Å². The van der Waals surface area contributed by atoms with Crippen LogP contribution in [-0.4, -0.2) is 47.8 Å². The molecule has 0 unspecified atom stereocenters. The van der Waals surface area contributed by atoms with E-state index in [1.807, 2.05) is 34.9 Å². The van der Waals surface area contributed by atoms with E-state index in [2.05, 4.69) is 35.2 Å². The third-order valence-corrected chi connectivity index (χ3v) is 9.14. The number of carbonyl (C=O) groups is 2. The highest BCUT2D eigenvalue weighted by Crippen LogP contribution is 2.31. The highest BCUT2D eigenvalue weighted by Gasteiger charge is 2.26. The summed E-state index contributed by atoms with van der Waals surface area (Å²) in [5.74, 6) is 0.365. The van der Waals surface area contributed by atoms with Crippen molar-refractivity contribution in [3.63, 3.8) is 0 Å². The Labute approximate surface area is 256 Å². The molecule has 0 bridgehead atoms. The fourth-order valence-corrected chi connectivity index (χ4v) is 6.80. The Morgan fingerprint density at radius 3 is 2.26 bits per heavy atom. The predicted molar refractivity (Wildman–Crippen MR) is 171 cm³/mol. The summed E-state index contributed by atoms with van der Waals surface area (Å²) >= 11 is 0. The lowest BCUT2D eigenvalue weighted by Gasteiger charge is -2.33. The number of carbonyl (C=O) groups excluding carboxylic acids is 2. The molecular formula is C37H46FN3O2. The zero-order valence-electron chi connectivity index (χ0n) is 25.6. The molecule has 6 heteroatoms. The van der Waals surface area contributed by atoms with Crippen molar-refractivity contribution in [2.75, 3.05) is 31.1 Å². The highest BCUT2D eigenvalue weighted by molar-refractivity contribution is 6.07. The lowest BCUT2D eigenvalue weighted by molar-refractivity contribution is -0.132. The Kier molecular flexibility index (Phi) is 11.0. The number of anilines is 1. The van der Waals surface area contributed by atoms with E-state index in [9.17, 15) is 14.0 Å². The maximum Gasteiger partial charge on any atom is 0.258 e. The molecule has 0 spiro atoms. The Morgan fingerprint density at radius 1 is 0.791 bits per heavy atom. The molecule has 5 nitrogen and oxygen atoms in total. The fraction of sp³-hybridized carbons (Fsp3) is 0.459. The topological polar surface area (TPSA) is 43.9 Å². The standard InChI is InChI=1S/C37H46FN3O2/c1-29-11-8-16-33-28-40(35(42)22-17-30-12-4-2-5-13-30)25-9-23-39(27-31-14-6-3-7-15-31)24-10-26-41(36(29)33)37(43)32-18-20-34(38)21-19-32/h3,6-8,11,14-16,18-21,30H,2,4-5,9-10,12-13,17,22-28H2,1H3. The van der Waals surface area contributed by atoms with Crippen LogP contribution in [0.2, 0.25) is 0 Å². The second-order valence-electron chi connectivity index (χ2n) is 12.4. The lowest BCUT2D eigenvalue weighted by atomic mass is 9.86. The van der Waals surface area contributed by atoms with Crippen molar-refractivity contribution in [3.05, 3.63) is 101 Å². The zero-order valence-corrected chi connectivity index (χ0v) is 25.6. The number of rotatable bonds is 6. The quantitative estimate of drug-likeness (QED) is 0.298. The predicted octanol–water partition coefficient (Wildman–Crippen LogP) is 7.77. The minimum absolute atomic E-state index is 0.141. The van der Waals surface area contributed by atoms with Gasteiger partial charge in [0.1, 0.15) is 5.82 Å². The minimum Gasteiger partial charge on any atom is -0.338 e. The summed E-state index contributed by atoms with van der Waals surface area (Å²) in [5, 5.41) is 0. The highest BCUT2D eigenvalue weighted by atomic mass is 19.1. The normalized spacial score (nSPS) is 17.5. The van der Waals surface area contributed by atoms with E-state index in [1.165, 1.54) is 49.8 Å². The van der Waals surface area contributed by atoms with Gasteiger partial charge in [-0.15, -0.1) is 0 Å². The van der Waals surface area contributed by atoms with Crippen molar-refractivity contribution in [1.29, 1.82) is 0 Å². The molecule has 0 N–H and O–H groups in total. The summed E-state index contributed by atoms with van der Waals surface area (Å²) < 4.78 is 13.8. The molecular weight excluding hydrogens is 537 g/mol. The Hall–Kier alpha value is -3.51. The molecule has 1 fully saturated rings. The van der Waals surface area contributed by atoms with E-state index < -0.39 is 0 Å². The van der Waals surface area contributed by atoms with Crippen molar-refractivity contribution < 1.29 is 14.0 Å². The number of amides is 2. The molecule has 1 saturated carbocycles. The van der Waals surface area contributed by atoms with Crippen molar-refractivity contribution in [2.45, 2.75) is 77.8 Å². The summed E-state index contributed by atoms with van der Waals surface area (Å²) in [6, 6.07) is 22.4. The van der Waals surface area contributed by atoms with Gasteiger partial charge in [0, 0.05) is 51.3 Å². The number of nitrogens with zero attached hydrogens (tertiary/aromatic N) is 3. The van der Waals surface area contributed by atoms with Gasteiger partial charge in [0.05, 0.1) is 5.69 Å². The van der Waals surface area contributed by atoms with Gasteiger partial charge >= 0.3 is 0 Å². The second-order valence-corrected chi connectivity index (χ2v) is 12.4. The van der Waals surface area contributed by atoms with E-state index in [0.29, 0.717) is 37.5 Å². The van der Waals surface area contributed by atoms with Crippen LogP contribution in [0.25, 0.3) is 0 Å². The molecule has 2 amide bonds. The molecule has 2 aliphatic rings. The zero-order chi connectivity index (χ0) is 30.0. The van der Waals surface area contributed by atoms with E-state index in [-0.39, 0.29) is 17.6 Å². The number of benzene rings is 3. The van der Waals surface area contributed by atoms with Gasteiger partial charge in [-0.2, -0.15) is 0 Å². The van der Waals surface area contributed by atoms with Gasteiger partial charge in [0.15, 0.2) is 0 Å². The van der Waals surface area contributed by atoms with Crippen molar-refractivity contribution >= 4 is 17.5 Å². The van der Waals surface area contributed by atoms with Crippen molar-refractivity contribution in [3.8, 4) is 0 Å². The van der Waals surface area contributed by atoms with Gasteiger partial charge in [0.2, 0.25) is 5.91 Å². The third kappa shape index (κ3) is 8.54. The first kappa shape index (κ1) is 30.9. The molecule has 1 aliphatic heterocycles. The summed E-state index contributed by atoms with van der Waals surface area (Å²) in [6.07, 6.45) is 9.62. The molecule has 0 radical (unpaired) electrons. The van der Waals surface area contributed by atoms with Gasteiger partial charge in [-0.05, 0) is 73.1 Å². The Bertz CT molecular complexity index is 1340. The van der Waals surface area contributed by atoms with E-state index in [4.69, 9.17) is 0 Å². The molecule has 0 aromatic heterocycles. The second kappa shape index (κ2) is 15.3. The SMILES string of the molecule is Cc1cccc2c1N(C(=O)c1ccc(F)cc1)CCCN(Cc1ccccc1)CCCN(C(=O)CCC1CCCCC1)C2. The van der Waals surface area contributed by atoms with E-state index >= 15 is 0 Å². The molecule has 3 aromatic carbocycles. The van der Waals surface area contributed by atoms with Crippen LogP contribution in [0.4, 0.5) is 10.1 Å². The first-order valence-electron chi connectivity index (χ1n) is 16.2. The van der Waals surface area contributed by atoms with Gasteiger partial charge < -0.3 is 9.80 Å². The Morgan fingerprint density at radius 2 is 1.51 bits per heavy atom. The van der Waals surface area contributed by atoms with Crippen LogP contribution in [0, 0.1) is 18.7 Å². The first-order chi connectivity index (χ1) is 21.0. The van der Waals surface area contributed by atoms with E-state index in [0.717, 1.165) is 55.7 Å². The van der Waals surface area contributed by atoms with Crippen molar-refractivity contribution in [1.82, 2.24) is 9.80 Å². The molecule has 1 aliphatic carbocycles. The lowest BCUT2D eigenvalue weighted by Crippen LogP contribution is -2.39. The smallest absolute Gasteiger partial charge is 0.258 e. The number of para-hydroxylation sites is 1. The van der Waals surface area contributed by atoms with Crippen LogP contribution in [0.5, 0.6) is 0 Å². The number of fused-ring (bicyclic) bond motifs is 1. The molecule has 228 valence electrons. The molecule has 1 heterocycles. The van der Waals surface area contributed by atoms with E-state index in [1.54, 1.807) is 12.1 Å². The molecule has 43 heavy (non-hydrogen) atoms. The maximum atomic E-state index is 14.0. The summed E-state index contributed by atoms with van der Waals surface area (Å²) in [6.45, 7) is 6.28. The number of halogens is 1. The third-order valence-electron chi connectivity index (χ3n) is 9.14. The van der Waals surface area contributed by atoms with Gasteiger partial charge in [-0.3, -0.25) is 14.5 Å². The molecule has 5 rings (SSSR count). The number of aryl methyl sites for hydroxylation is 1.